The van der Waals surface area contributed by atoms with E-state index in [0.717, 1.165) is 26.2 Å². The molecule has 0 amide bonds. The molecule has 3 heterocycles. The maximum absolute atomic E-state index is 13.7. The predicted octanol–water partition coefficient (Wildman–Crippen LogP) is 1.52. The Balaban J connectivity index is 1.58. The normalized spacial score (nSPS) is 25.7. The smallest absolute Gasteiger partial charge is 0.173 e. The van der Waals surface area contributed by atoms with Gasteiger partial charge in [0.05, 0.1) is 5.52 Å². The molecular weight excluding hydrogens is 269 g/mol. The summed E-state index contributed by atoms with van der Waals surface area (Å²) in [7, 11) is 2.15. The van der Waals surface area contributed by atoms with Crippen molar-refractivity contribution >= 4 is 16.9 Å². The molecule has 1 unspecified atom stereocenters. The molecule has 0 aliphatic carbocycles. The highest BCUT2D eigenvalue weighted by Gasteiger charge is 2.40. The minimum atomic E-state index is -0.345. The lowest BCUT2D eigenvalue weighted by atomic mass is 10.0. The standard InChI is InChI=1S/C15H18FN5/c1-20-5-9-7-21(8-10(9)6-20)14(17)15-18-12-4-2-3-11(16)13(12)19-15/h2-4,9-10,17H,5-8H2,1H3,(H,18,19)/t9-,10?/m1/s1. The van der Waals surface area contributed by atoms with Gasteiger partial charge in [-0.25, -0.2) is 9.37 Å². The molecule has 2 aliphatic rings. The van der Waals surface area contributed by atoms with Crippen molar-refractivity contribution < 1.29 is 4.39 Å². The monoisotopic (exact) mass is 287 g/mol. The van der Waals surface area contributed by atoms with Crippen LogP contribution in [0.15, 0.2) is 18.2 Å². The molecule has 1 aromatic carbocycles. The third-order valence-electron chi connectivity index (χ3n) is 4.67. The van der Waals surface area contributed by atoms with Gasteiger partial charge in [-0.2, -0.15) is 0 Å². The van der Waals surface area contributed by atoms with Crippen LogP contribution in [0.2, 0.25) is 0 Å². The Hall–Kier alpha value is -1.95. The lowest BCUT2D eigenvalue weighted by molar-refractivity contribution is 0.347. The first-order chi connectivity index (χ1) is 10.1. The van der Waals surface area contributed by atoms with E-state index >= 15 is 0 Å². The van der Waals surface area contributed by atoms with E-state index in [1.165, 1.54) is 6.07 Å². The Bertz CT molecular complexity index is 695. The first-order valence-corrected chi connectivity index (χ1v) is 7.28. The number of aromatic amines is 1. The van der Waals surface area contributed by atoms with Gasteiger partial charge in [-0.1, -0.05) is 6.07 Å². The number of nitrogens with zero attached hydrogens (tertiary/aromatic N) is 3. The quantitative estimate of drug-likeness (QED) is 0.617. The van der Waals surface area contributed by atoms with E-state index in [2.05, 4.69) is 26.8 Å². The van der Waals surface area contributed by atoms with E-state index in [1.54, 1.807) is 12.1 Å². The molecule has 0 spiro atoms. The number of hydrogen-bond donors (Lipinski definition) is 2. The van der Waals surface area contributed by atoms with E-state index < -0.39 is 0 Å². The lowest BCUT2D eigenvalue weighted by Gasteiger charge is -2.20. The summed E-state index contributed by atoms with van der Waals surface area (Å²) >= 11 is 0. The number of halogens is 1. The Labute approximate surface area is 122 Å². The Kier molecular flexibility index (Phi) is 2.75. The van der Waals surface area contributed by atoms with Crippen LogP contribution in [-0.2, 0) is 0 Å². The maximum Gasteiger partial charge on any atom is 0.173 e. The SMILES string of the molecule is CN1CC2CN(C(=N)c3nc4c(F)cccc4[nH]3)C[C@H]2C1. The average molecular weight is 287 g/mol. The van der Waals surface area contributed by atoms with Crippen molar-refractivity contribution in [1.82, 2.24) is 19.8 Å². The minimum absolute atomic E-state index is 0.316. The van der Waals surface area contributed by atoms with Crippen molar-refractivity contribution in [1.29, 1.82) is 5.41 Å². The highest BCUT2D eigenvalue weighted by molar-refractivity contribution is 5.96. The van der Waals surface area contributed by atoms with Gasteiger partial charge in [-0.05, 0) is 31.0 Å². The van der Waals surface area contributed by atoms with E-state index in [9.17, 15) is 4.39 Å². The zero-order chi connectivity index (χ0) is 14.6. The molecule has 2 aliphatic heterocycles. The number of benzene rings is 1. The van der Waals surface area contributed by atoms with E-state index in [0.29, 0.717) is 34.5 Å². The number of likely N-dealkylation sites (tertiary alicyclic amines) is 2. The molecule has 1 aromatic heterocycles. The van der Waals surface area contributed by atoms with Crippen molar-refractivity contribution in [2.24, 2.45) is 11.8 Å². The summed E-state index contributed by atoms with van der Waals surface area (Å²) in [6.45, 7) is 3.99. The van der Waals surface area contributed by atoms with Crippen LogP contribution in [0.1, 0.15) is 5.82 Å². The zero-order valence-electron chi connectivity index (χ0n) is 11.9. The molecule has 5 nitrogen and oxygen atoms in total. The second kappa shape index (κ2) is 4.53. The highest BCUT2D eigenvalue weighted by Crippen LogP contribution is 2.30. The number of amidine groups is 1. The molecule has 0 radical (unpaired) electrons. The third kappa shape index (κ3) is 2.01. The molecule has 4 rings (SSSR count). The van der Waals surface area contributed by atoms with Gasteiger partial charge in [0.25, 0.3) is 0 Å². The number of imidazole rings is 1. The summed E-state index contributed by atoms with van der Waals surface area (Å²) in [6.07, 6.45) is 0. The summed E-state index contributed by atoms with van der Waals surface area (Å²) in [4.78, 5) is 11.7. The first kappa shape index (κ1) is 12.8. The topological polar surface area (TPSA) is 59.0 Å². The fourth-order valence-corrected chi connectivity index (χ4v) is 3.67. The van der Waals surface area contributed by atoms with Gasteiger partial charge < -0.3 is 14.8 Å². The molecule has 21 heavy (non-hydrogen) atoms. The molecule has 2 aromatic rings. The van der Waals surface area contributed by atoms with Crippen LogP contribution in [0.4, 0.5) is 4.39 Å². The van der Waals surface area contributed by atoms with Crippen LogP contribution < -0.4 is 0 Å². The predicted molar refractivity (Wildman–Crippen MR) is 78.9 cm³/mol. The number of hydrogen-bond acceptors (Lipinski definition) is 3. The van der Waals surface area contributed by atoms with Crippen LogP contribution in [0.25, 0.3) is 11.0 Å². The van der Waals surface area contributed by atoms with Crippen LogP contribution >= 0.6 is 0 Å². The summed E-state index contributed by atoms with van der Waals surface area (Å²) < 4.78 is 13.7. The summed E-state index contributed by atoms with van der Waals surface area (Å²) in [5.74, 6) is 1.77. The van der Waals surface area contributed by atoms with Gasteiger partial charge in [0, 0.05) is 26.2 Å². The fraction of sp³-hybridized carbons (Fsp3) is 0.467. The molecule has 2 N–H and O–H groups in total. The number of rotatable bonds is 1. The van der Waals surface area contributed by atoms with E-state index in [1.807, 2.05) is 0 Å². The molecule has 6 heteroatoms. The maximum atomic E-state index is 13.7. The molecule has 2 saturated heterocycles. The molecule has 0 bridgehead atoms. The fourth-order valence-electron chi connectivity index (χ4n) is 3.67. The Morgan fingerprint density at radius 1 is 1.29 bits per heavy atom. The number of fused-ring (bicyclic) bond motifs is 2. The van der Waals surface area contributed by atoms with Crippen LogP contribution in [0.3, 0.4) is 0 Å². The highest BCUT2D eigenvalue weighted by atomic mass is 19.1. The third-order valence-corrected chi connectivity index (χ3v) is 4.67. The van der Waals surface area contributed by atoms with Gasteiger partial charge in [0.2, 0.25) is 0 Å². The zero-order valence-corrected chi connectivity index (χ0v) is 11.9. The molecule has 2 atom stereocenters. The number of aromatic nitrogens is 2. The summed E-state index contributed by atoms with van der Waals surface area (Å²) in [5.41, 5.74) is 0.963. The molecule has 2 fully saturated rings. The van der Waals surface area contributed by atoms with E-state index in [-0.39, 0.29) is 5.82 Å². The van der Waals surface area contributed by atoms with Crippen molar-refractivity contribution in [2.75, 3.05) is 33.2 Å². The van der Waals surface area contributed by atoms with Crippen LogP contribution in [-0.4, -0.2) is 58.8 Å². The van der Waals surface area contributed by atoms with Crippen LogP contribution in [0, 0.1) is 23.1 Å². The average Bonchev–Trinajstić information content (AvgIpc) is 3.10. The van der Waals surface area contributed by atoms with Crippen molar-refractivity contribution in [3.63, 3.8) is 0 Å². The van der Waals surface area contributed by atoms with E-state index in [4.69, 9.17) is 5.41 Å². The summed E-state index contributed by atoms with van der Waals surface area (Å²) in [6, 6.07) is 4.84. The molecule has 110 valence electrons. The number of nitrogens with one attached hydrogen (secondary N) is 2. The summed E-state index contributed by atoms with van der Waals surface area (Å²) in [5, 5.41) is 8.36. The lowest BCUT2D eigenvalue weighted by Crippen LogP contribution is -2.33. The Morgan fingerprint density at radius 2 is 2.00 bits per heavy atom. The van der Waals surface area contributed by atoms with Gasteiger partial charge in [0.15, 0.2) is 17.5 Å². The van der Waals surface area contributed by atoms with Crippen molar-refractivity contribution in [2.45, 2.75) is 0 Å². The number of H-pyrrole nitrogens is 1. The van der Waals surface area contributed by atoms with Gasteiger partial charge in [0.1, 0.15) is 5.52 Å². The molecule has 0 saturated carbocycles. The second-order valence-corrected chi connectivity index (χ2v) is 6.22. The van der Waals surface area contributed by atoms with Crippen molar-refractivity contribution in [3.8, 4) is 0 Å². The molecular formula is C15H18FN5. The number of para-hydroxylation sites is 1. The largest absolute Gasteiger partial charge is 0.353 e. The van der Waals surface area contributed by atoms with Crippen molar-refractivity contribution in [3.05, 3.63) is 29.8 Å². The Morgan fingerprint density at radius 3 is 2.67 bits per heavy atom. The second-order valence-electron chi connectivity index (χ2n) is 6.22. The van der Waals surface area contributed by atoms with Gasteiger partial charge >= 0.3 is 0 Å². The van der Waals surface area contributed by atoms with Gasteiger partial charge in [-0.15, -0.1) is 0 Å². The van der Waals surface area contributed by atoms with Crippen LogP contribution in [0.5, 0.6) is 0 Å². The van der Waals surface area contributed by atoms with Gasteiger partial charge in [-0.3, -0.25) is 5.41 Å². The first-order valence-electron chi connectivity index (χ1n) is 7.28. The minimum Gasteiger partial charge on any atom is -0.353 e.